The number of hydrogen-bond acceptors (Lipinski definition) is 6. The fraction of sp³-hybridized carbons (Fsp3) is 0.185. The van der Waals surface area contributed by atoms with Gasteiger partial charge >= 0.3 is 0 Å². The van der Waals surface area contributed by atoms with Crippen molar-refractivity contribution in [1.29, 1.82) is 0 Å². The highest BCUT2D eigenvalue weighted by molar-refractivity contribution is 9.10. The van der Waals surface area contributed by atoms with Gasteiger partial charge in [-0.05, 0) is 61.0 Å². The fourth-order valence-corrected chi connectivity index (χ4v) is 4.00. The van der Waals surface area contributed by atoms with Crippen LogP contribution in [0.3, 0.4) is 0 Å². The number of amides is 1. The van der Waals surface area contributed by atoms with Crippen molar-refractivity contribution >= 4 is 44.6 Å². The second-order valence-electron chi connectivity index (χ2n) is 8.02. The fourth-order valence-electron chi connectivity index (χ4n) is 3.64. The predicted molar refractivity (Wildman–Crippen MR) is 144 cm³/mol. The van der Waals surface area contributed by atoms with Crippen LogP contribution < -0.4 is 20.3 Å². The van der Waals surface area contributed by atoms with E-state index in [0.717, 1.165) is 10.9 Å². The number of aromatic nitrogens is 2. The van der Waals surface area contributed by atoms with Gasteiger partial charge in [0, 0.05) is 22.1 Å². The minimum absolute atomic E-state index is 0.282. The summed E-state index contributed by atoms with van der Waals surface area (Å²) in [4.78, 5) is 30.3. The number of para-hydroxylation sites is 1. The molecular weight excluding hydrogens is 543 g/mol. The molecule has 4 rings (SSSR count). The summed E-state index contributed by atoms with van der Waals surface area (Å²) in [5, 5.41) is 7.52. The monoisotopic (exact) mass is 566 g/mol. The maximum absolute atomic E-state index is 13.3. The predicted octanol–water partition coefficient (Wildman–Crippen LogP) is 5.16. The average molecular weight is 567 g/mol. The molecule has 0 radical (unpaired) electrons. The molecule has 0 aliphatic rings. The first-order valence-electron chi connectivity index (χ1n) is 11.5. The SMILES string of the molecule is CCCc1nc2ccc(Br)cc2c(=O)n1N=Cc1cccc(OC)c1OCC(=O)Nc1ccc(F)cc1. The zero-order valence-electron chi connectivity index (χ0n) is 20.2. The number of methoxy groups -OCH3 is 1. The molecule has 0 aliphatic carbocycles. The smallest absolute Gasteiger partial charge is 0.282 e. The van der Waals surface area contributed by atoms with Crippen molar-refractivity contribution < 1.29 is 18.7 Å². The number of anilines is 1. The maximum Gasteiger partial charge on any atom is 0.282 e. The van der Waals surface area contributed by atoms with Gasteiger partial charge in [0.15, 0.2) is 18.1 Å². The lowest BCUT2D eigenvalue weighted by Crippen LogP contribution is -2.22. The second-order valence-corrected chi connectivity index (χ2v) is 8.94. The number of carbonyl (C=O) groups is 1. The Kier molecular flexibility index (Phi) is 8.29. The lowest BCUT2D eigenvalue weighted by Gasteiger charge is -2.13. The van der Waals surface area contributed by atoms with Crippen LogP contribution in [0.5, 0.6) is 11.5 Å². The van der Waals surface area contributed by atoms with E-state index in [-0.39, 0.29) is 17.9 Å². The molecule has 10 heteroatoms. The van der Waals surface area contributed by atoms with Crippen molar-refractivity contribution in [1.82, 2.24) is 9.66 Å². The van der Waals surface area contributed by atoms with Crippen LogP contribution in [0.1, 0.15) is 24.7 Å². The van der Waals surface area contributed by atoms with Gasteiger partial charge in [0.1, 0.15) is 11.6 Å². The molecule has 0 spiro atoms. The zero-order chi connectivity index (χ0) is 26.4. The van der Waals surface area contributed by atoms with Gasteiger partial charge in [-0.2, -0.15) is 9.78 Å². The number of benzene rings is 3. The van der Waals surface area contributed by atoms with Crippen LogP contribution >= 0.6 is 15.9 Å². The van der Waals surface area contributed by atoms with E-state index < -0.39 is 11.7 Å². The van der Waals surface area contributed by atoms with Crippen molar-refractivity contribution in [2.75, 3.05) is 19.0 Å². The lowest BCUT2D eigenvalue weighted by molar-refractivity contribution is -0.118. The molecule has 4 aromatic rings. The first kappa shape index (κ1) is 26.0. The van der Waals surface area contributed by atoms with Crippen molar-refractivity contribution in [2.24, 2.45) is 5.10 Å². The topological polar surface area (TPSA) is 94.8 Å². The molecule has 0 unspecified atom stereocenters. The van der Waals surface area contributed by atoms with Crippen LogP contribution in [0.2, 0.25) is 0 Å². The Morgan fingerprint density at radius 1 is 1.19 bits per heavy atom. The van der Waals surface area contributed by atoms with Crippen molar-refractivity contribution in [2.45, 2.75) is 19.8 Å². The Labute approximate surface area is 220 Å². The summed E-state index contributed by atoms with van der Waals surface area (Å²) in [6.07, 6.45) is 2.81. The van der Waals surface area contributed by atoms with Gasteiger partial charge < -0.3 is 14.8 Å². The number of rotatable bonds is 9. The van der Waals surface area contributed by atoms with E-state index in [9.17, 15) is 14.0 Å². The molecule has 1 N–H and O–H groups in total. The Morgan fingerprint density at radius 3 is 2.70 bits per heavy atom. The third-order valence-corrected chi connectivity index (χ3v) is 5.86. The molecule has 190 valence electrons. The van der Waals surface area contributed by atoms with E-state index in [0.29, 0.717) is 40.1 Å². The third kappa shape index (κ3) is 6.21. The van der Waals surface area contributed by atoms with E-state index in [2.05, 4.69) is 31.3 Å². The molecule has 8 nitrogen and oxygen atoms in total. The van der Waals surface area contributed by atoms with Crippen LogP contribution in [-0.2, 0) is 11.2 Å². The Balaban J connectivity index is 1.63. The molecule has 0 atom stereocenters. The molecule has 3 aromatic carbocycles. The normalized spacial score (nSPS) is 11.1. The van der Waals surface area contributed by atoms with Gasteiger partial charge in [0.2, 0.25) is 0 Å². The van der Waals surface area contributed by atoms with Gasteiger partial charge in [0.05, 0.1) is 24.2 Å². The second kappa shape index (κ2) is 11.8. The summed E-state index contributed by atoms with van der Waals surface area (Å²) in [6.45, 7) is 1.67. The highest BCUT2D eigenvalue weighted by Crippen LogP contribution is 2.30. The summed E-state index contributed by atoms with van der Waals surface area (Å²) < 4.78 is 26.4. The molecular formula is C27H24BrFN4O4. The Morgan fingerprint density at radius 2 is 1.97 bits per heavy atom. The third-order valence-electron chi connectivity index (χ3n) is 5.37. The number of fused-ring (bicyclic) bond motifs is 1. The quantitative estimate of drug-likeness (QED) is 0.282. The molecule has 0 fully saturated rings. The minimum atomic E-state index is -0.439. The molecule has 1 heterocycles. The standard InChI is InChI=1S/C27H24BrFN4O4/c1-3-5-24-32-22-13-8-18(28)14-21(22)27(35)33(24)30-15-17-6-4-7-23(36-2)26(17)37-16-25(34)31-20-11-9-19(29)10-12-20/h4,6-15H,3,5,16H2,1-2H3,(H,31,34). The van der Waals surface area contributed by atoms with Gasteiger partial charge in [-0.1, -0.05) is 28.9 Å². The van der Waals surface area contributed by atoms with E-state index in [1.54, 1.807) is 30.3 Å². The number of carbonyl (C=O) groups excluding carboxylic acids is 1. The molecule has 1 amide bonds. The summed E-state index contributed by atoms with van der Waals surface area (Å²) in [5.41, 5.74) is 1.24. The number of aryl methyl sites for hydroxylation is 1. The zero-order valence-corrected chi connectivity index (χ0v) is 21.8. The average Bonchev–Trinajstić information content (AvgIpc) is 2.89. The Hall–Kier alpha value is -4.05. The highest BCUT2D eigenvalue weighted by Gasteiger charge is 2.14. The highest BCUT2D eigenvalue weighted by atomic mass is 79.9. The van der Waals surface area contributed by atoms with Crippen molar-refractivity contribution in [3.63, 3.8) is 0 Å². The van der Waals surface area contributed by atoms with Crippen molar-refractivity contribution in [3.8, 4) is 11.5 Å². The number of halogens is 2. The van der Waals surface area contributed by atoms with Gasteiger partial charge in [0.25, 0.3) is 11.5 Å². The minimum Gasteiger partial charge on any atom is -0.493 e. The summed E-state index contributed by atoms with van der Waals surface area (Å²) in [6, 6.07) is 15.9. The Bertz CT molecular complexity index is 1520. The van der Waals surface area contributed by atoms with Gasteiger partial charge in [-0.3, -0.25) is 9.59 Å². The first-order valence-corrected chi connectivity index (χ1v) is 12.3. The van der Waals surface area contributed by atoms with Crippen molar-refractivity contribution in [3.05, 3.63) is 92.7 Å². The number of nitrogens with one attached hydrogen (secondary N) is 1. The van der Waals surface area contributed by atoms with Crippen LogP contribution in [0, 0.1) is 5.82 Å². The van der Waals surface area contributed by atoms with Crippen LogP contribution in [0.4, 0.5) is 10.1 Å². The lowest BCUT2D eigenvalue weighted by atomic mass is 10.2. The summed E-state index contributed by atoms with van der Waals surface area (Å²) in [7, 11) is 1.48. The van der Waals surface area contributed by atoms with Gasteiger partial charge in [-0.25, -0.2) is 9.37 Å². The van der Waals surface area contributed by atoms with Crippen LogP contribution in [-0.4, -0.2) is 35.5 Å². The number of nitrogens with zero attached hydrogens (tertiary/aromatic N) is 3. The molecule has 37 heavy (non-hydrogen) atoms. The largest absolute Gasteiger partial charge is 0.493 e. The molecule has 0 bridgehead atoms. The van der Waals surface area contributed by atoms with Crippen LogP contribution in [0.25, 0.3) is 10.9 Å². The molecule has 0 aliphatic heterocycles. The summed E-state index contributed by atoms with van der Waals surface area (Å²) >= 11 is 3.40. The van der Waals surface area contributed by atoms with E-state index in [1.165, 1.54) is 42.3 Å². The maximum atomic E-state index is 13.3. The van der Waals surface area contributed by atoms with E-state index >= 15 is 0 Å². The summed E-state index contributed by atoms with van der Waals surface area (Å²) in [5.74, 6) is 0.362. The number of ether oxygens (including phenoxy) is 2. The first-order chi connectivity index (χ1) is 17.9. The van der Waals surface area contributed by atoms with Gasteiger partial charge in [-0.15, -0.1) is 0 Å². The van der Waals surface area contributed by atoms with Crippen LogP contribution in [0.15, 0.2) is 75.0 Å². The molecule has 0 saturated carbocycles. The van der Waals surface area contributed by atoms with E-state index in [4.69, 9.17) is 9.47 Å². The molecule has 1 aromatic heterocycles. The molecule has 0 saturated heterocycles. The van der Waals surface area contributed by atoms with E-state index in [1.807, 2.05) is 13.0 Å². The number of hydrogen-bond donors (Lipinski definition) is 1.